The molecule has 1 saturated carbocycles. The third-order valence-electron chi connectivity index (χ3n) is 4.52. The van der Waals surface area contributed by atoms with Crippen LogP contribution in [0.25, 0.3) is 0 Å². The summed E-state index contributed by atoms with van der Waals surface area (Å²) in [5.74, 6) is 0.721. The van der Waals surface area contributed by atoms with Gasteiger partial charge < -0.3 is 5.32 Å². The molecule has 3 nitrogen and oxygen atoms in total. The van der Waals surface area contributed by atoms with Gasteiger partial charge >= 0.3 is 0 Å². The maximum Gasteiger partial charge on any atom is 0.0738 e. The molecule has 0 aromatic carbocycles. The van der Waals surface area contributed by atoms with Gasteiger partial charge in [0.2, 0.25) is 0 Å². The van der Waals surface area contributed by atoms with Crippen molar-refractivity contribution in [3.05, 3.63) is 15.9 Å². The SMILES string of the molecule is Cc1nn(C)c(CC2(CNCC(C)C)CCCC2)c1Br. The molecule has 0 spiro atoms. The Labute approximate surface area is 131 Å². The molecular weight excluding hydrogens is 314 g/mol. The third kappa shape index (κ3) is 3.64. The summed E-state index contributed by atoms with van der Waals surface area (Å²) >= 11 is 3.72. The first kappa shape index (κ1) is 16.0. The Bertz CT molecular complexity index is 445. The van der Waals surface area contributed by atoms with Crippen molar-refractivity contribution in [2.45, 2.75) is 52.9 Å². The van der Waals surface area contributed by atoms with Crippen molar-refractivity contribution in [3.63, 3.8) is 0 Å². The van der Waals surface area contributed by atoms with Crippen LogP contribution in [0.15, 0.2) is 4.47 Å². The first-order valence-electron chi connectivity index (χ1n) is 7.82. The van der Waals surface area contributed by atoms with Crippen molar-refractivity contribution >= 4 is 15.9 Å². The van der Waals surface area contributed by atoms with E-state index in [0.29, 0.717) is 5.41 Å². The summed E-state index contributed by atoms with van der Waals surface area (Å²) in [5.41, 5.74) is 2.89. The Morgan fingerprint density at radius 1 is 1.35 bits per heavy atom. The van der Waals surface area contributed by atoms with Crippen molar-refractivity contribution in [1.29, 1.82) is 0 Å². The average Bonchev–Trinajstić information content (AvgIpc) is 2.91. The molecule has 4 heteroatoms. The van der Waals surface area contributed by atoms with E-state index >= 15 is 0 Å². The second-order valence-corrected chi connectivity index (χ2v) is 7.67. The van der Waals surface area contributed by atoms with Gasteiger partial charge in [0.25, 0.3) is 0 Å². The van der Waals surface area contributed by atoms with E-state index in [4.69, 9.17) is 0 Å². The lowest BCUT2D eigenvalue weighted by atomic mass is 9.81. The van der Waals surface area contributed by atoms with Crippen LogP contribution >= 0.6 is 15.9 Å². The van der Waals surface area contributed by atoms with Crippen molar-refractivity contribution in [2.75, 3.05) is 13.1 Å². The number of aryl methyl sites for hydroxylation is 2. The van der Waals surface area contributed by atoms with E-state index in [1.54, 1.807) is 0 Å². The zero-order chi connectivity index (χ0) is 14.8. The van der Waals surface area contributed by atoms with Crippen LogP contribution in [0.5, 0.6) is 0 Å². The molecule has 0 amide bonds. The molecule has 0 saturated heterocycles. The number of hydrogen-bond donors (Lipinski definition) is 1. The minimum absolute atomic E-state index is 0.428. The molecule has 1 aromatic rings. The Hall–Kier alpha value is -0.350. The maximum atomic E-state index is 4.54. The number of nitrogens with one attached hydrogen (secondary N) is 1. The third-order valence-corrected chi connectivity index (χ3v) is 5.55. The Kier molecular flexibility index (Phi) is 5.30. The second-order valence-electron chi connectivity index (χ2n) is 6.88. The molecule has 1 aliphatic rings. The summed E-state index contributed by atoms with van der Waals surface area (Å²) in [7, 11) is 2.07. The number of rotatable bonds is 6. The van der Waals surface area contributed by atoms with Gasteiger partial charge in [-0.25, -0.2) is 0 Å². The quantitative estimate of drug-likeness (QED) is 0.851. The van der Waals surface area contributed by atoms with Gasteiger partial charge in [-0.05, 0) is 60.0 Å². The van der Waals surface area contributed by atoms with E-state index in [9.17, 15) is 0 Å². The Morgan fingerprint density at radius 3 is 2.50 bits per heavy atom. The highest BCUT2D eigenvalue weighted by atomic mass is 79.9. The number of aromatic nitrogens is 2. The molecule has 2 rings (SSSR count). The smallest absolute Gasteiger partial charge is 0.0738 e. The van der Waals surface area contributed by atoms with Crippen LogP contribution < -0.4 is 5.32 Å². The predicted molar refractivity (Wildman–Crippen MR) is 88.0 cm³/mol. The standard InChI is InChI=1S/C16H28BrN3/c1-12(2)10-18-11-16(7-5-6-8-16)9-14-15(17)13(3)19-20(14)4/h12,18H,5-11H2,1-4H3. The average molecular weight is 342 g/mol. The topological polar surface area (TPSA) is 29.9 Å². The predicted octanol–water partition coefficient (Wildman–Crippen LogP) is 3.84. The maximum absolute atomic E-state index is 4.54. The van der Waals surface area contributed by atoms with Crippen LogP contribution in [-0.4, -0.2) is 22.9 Å². The van der Waals surface area contributed by atoms with E-state index in [-0.39, 0.29) is 0 Å². The van der Waals surface area contributed by atoms with Gasteiger partial charge in [0.15, 0.2) is 0 Å². The Morgan fingerprint density at radius 2 is 2.00 bits per heavy atom. The molecule has 0 atom stereocenters. The van der Waals surface area contributed by atoms with E-state index in [0.717, 1.165) is 31.1 Å². The van der Waals surface area contributed by atoms with Crippen LogP contribution in [0.2, 0.25) is 0 Å². The molecular formula is C16H28BrN3. The molecule has 1 N–H and O–H groups in total. The van der Waals surface area contributed by atoms with Crippen LogP contribution in [-0.2, 0) is 13.5 Å². The first-order valence-corrected chi connectivity index (χ1v) is 8.61. The number of hydrogen-bond acceptors (Lipinski definition) is 2. The largest absolute Gasteiger partial charge is 0.316 e. The highest BCUT2D eigenvalue weighted by molar-refractivity contribution is 9.10. The summed E-state index contributed by atoms with van der Waals surface area (Å²) in [6, 6.07) is 0. The zero-order valence-electron chi connectivity index (χ0n) is 13.3. The van der Waals surface area contributed by atoms with Crippen molar-refractivity contribution in [1.82, 2.24) is 15.1 Å². The fourth-order valence-corrected chi connectivity index (χ4v) is 3.87. The summed E-state index contributed by atoms with van der Waals surface area (Å²) in [5, 5.41) is 8.23. The summed E-state index contributed by atoms with van der Waals surface area (Å²) < 4.78 is 3.26. The lowest BCUT2D eigenvalue weighted by Crippen LogP contribution is -2.36. The van der Waals surface area contributed by atoms with E-state index < -0.39 is 0 Å². The van der Waals surface area contributed by atoms with Crippen molar-refractivity contribution in [2.24, 2.45) is 18.4 Å². The molecule has 0 bridgehead atoms. The highest BCUT2D eigenvalue weighted by Gasteiger charge is 2.35. The molecule has 1 aliphatic carbocycles. The van der Waals surface area contributed by atoms with Gasteiger partial charge in [-0.1, -0.05) is 26.7 Å². The Balaban J connectivity index is 2.08. The number of nitrogens with zero attached hydrogens (tertiary/aromatic N) is 2. The molecule has 0 radical (unpaired) electrons. The monoisotopic (exact) mass is 341 g/mol. The zero-order valence-corrected chi connectivity index (χ0v) is 14.9. The lowest BCUT2D eigenvalue weighted by molar-refractivity contribution is 0.267. The van der Waals surface area contributed by atoms with Gasteiger partial charge in [0.1, 0.15) is 0 Å². The van der Waals surface area contributed by atoms with Gasteiger partial charge in [0, 0.05) is 13.6 Å². The molecule has 0 aliphatic heterocycles. The molecule has 1 heterocycles. The summed E-state index contributed by atoms with van der Waals surface area (Å²) in [6.45, 7) is 8.88. The molecule has 20 heavy (non-hydrogen) atoms. The molecule has 1 fully saturated rings. The van der Waals surface area contributed by atoms with Crippen molar-refractivity contribution < 1.29 is 0 Å². The van der Waals surface area contributed by atoms with Gasteiger partial charge in [0.05, 0.1) is 15.9 Å². The minimum Gasteiger partial charge on any atom is -0.316 e. The number of halogens is 1. The fraction of sp³-hybridized carbons (Fsp3) is 0.812. The van der Waals surface area contributed by atoms with Crippen LogP contribution in [0.1, 0.15) is 50.9 Å². The van der Waals surface area contributed by atoms with Crippen molar-refractivity contribution in [3.8, 4) is 0 Å². The van der Waals surface area contributed by atoms with Crippen LogP contribution in [0.3, 0.4) is 0 Å². The van der Waals surface area contributed by atoms with Crippen LogP contribution in [0, 0.1) is 18.3 Å². The summed E-state index contributed by atoms with van der Waals surface area (Å²) in [6.07, 6.45) is 6.56. The molecule has 114 valence electrons. The van der Waals surface area contributed by atoms with E-state index in [1.165, 1.54) is 35.8 Å². The molecule has 0 unspecified atom stereocenters. The van der Waals surface area contributed by atoms with E-state index in [1.807, 2.05) is 0 Å². The first-order chi connectivity index (χ1) is 9.43. The van der Waals surface area contributed by atoms with Crippen LogP contribution in [0.4, 0.5) is 0 Å². The summed E-state index contributed by atoms with van der Waals surface area (Å²) in [4.78, 5) is 0. The normalized spacial score (nSPS) is 18.1. The second kappa shape index (κ2) is 6.61. The van der Waals surface area contributed by atoms with Gasteiger partial charge in [-0.15, -0.1) is 0 Å². The molecule has 1 aromatic heterocycles. The minimum atomic E-state index is 0.428. The fourth-order valence-electron chi connectivity index (χ4n) is 3.39. The highest BCUT2D eigenvalue weighted by Crippen LogP contribution is 2.41. The van der Waals surface area contributed by atoms with Gasteiger partial charge in [-0.3, -0.25) is 4.68 Å². The van der Waals surface area contributed by atoms with E-state index in [2.05, 4.69) is 58.8 Å². The lowest BCUT2D eigenvalue weighted by Gasteiger charge is -2.30. The van der Waals surface area contributed by atoms with Gasteiger partial charge in [-0.2, -0.15) is 5.10 Å².